The standard InChI is InChI=1S/C17H29N3O/c1-3-18-15(10-14-8-6-4-5-7-9-14)11-16-12-17(21-2)20-13-19-16/h12-15,18H,3-11H2,1-2H3. The molecule has 1 fully saturated rings. The van der Waals surface area contributed by atoms with Gasteiger partial charge in [-0.2, -0.15) is 0 Å². The number of hydrogen-bond acceptors (Lipinski definition) is 4. The Kier molecular flexibility index (Phi) is 6.93. The first-order chi connectivity index (χ1) is 10.3. The highest BCUT2D eigenvalue weighted by Gasteiger charge is 2.18. The van der Waals surface area contributed by atoms with Crippen LogP contribution in [0, 0.1) is 5.92 Å². The van der Waals surface area contributed by atoms with Crippen LogP contribution < -0.4 is 10.1 Å². The van der Waals surface area contributed by atoms with Gasteiger partial charge in [-0.3, -0.25) is 0 Å². The van der Waals surface area contributed by atoms with Crippen LogP contribution in [0.4, 0.5) is 0 Å². The van der Waals surface area contributed by atoms with Crippen molar-refractivity contribution in [3.05, 3.63) is 18.1 Å². The monoisotopic (exact) mass is 291 g/mol. The molecule has 1 saturated carbocycles. The SMILES string of the molecule is CCNC(Cc1cc(OC)ncn1)CC1CCCCCC1. The summed E-state index contributed by atoms with van der Waals surface area (Å²) in [7, 11) is 1.65. The Hall–Kier alpha value is -1.16. The quantitative estimate of drug-likeness (QED) is 0.782. The van der Waals surface area contributed by atoms with Crippen LogP contribution in [0.25, 0.3) is 0 Å². The van der Waals surface area contributed by atoms with Crippen molar-refractivity contribution in [2.75, 3.05) is 13.7 Å². The van der Waals surface area contributed by atoms with Gasteiger partial charge in [-0.05, 0) is 18.9 Å². The van der Waals surface area contributed by atoms with Crippen LogP contribution >= 0.6 is 0 Å². The van der Waals surface area contributed by atoms with E-state index in [1.807, 2.05) is 6.07 Å². The van der Waals surface area contributed by atoms with E-state index >= 15 is 0 Å². The van der Waals surface area contributed by atoms with Crippen molar-refractivity contribution in [3.63, 3.8) is 0 Å². The molecule has 1 aromatic heterocycles. The molecule has 0 aromatic carbocycles. The molecular formula is C17H29N3O. The maximum absolute atomic E-state index is 5.19. The van der Waals surface area contributed by atoms with Crippen LogP contribution in [0.1, 0.15) is 57.6 Å². The molecule has 1 aliphatic rings. The third kappa shape index (κ3) is 5.62. The van der Waals surface area contributed by atoms with Gasteiger partial charge in [0.25, 0.3) is 0 Å². The Morgan fingerprint density at radius 2 is 2.00 bits per heavy atom. The smallest absolute Gasteiger partial charge is 0.216 e. The molecule has 0 aliphatic heterocycles. The van der Waals surface area contributed by atoms with Crippen LogP contribution in [0.15, 0.2) is 12.4 Å². The van der Waals surface area contributed by atoms with E-state index in [-0.39, 0.29) is 0 Å². The summed E-state index contributed by atoms with van der Waals surface area (Å²) in [4.78, 5) is 8.48. The van der Waals surface area contributed by atoms with E-state index in [0.29, 0.717) is 11.9 Å². The van der Waals surface area contributed by atoms with Gasteiger partial charge in [0.15, 0.2) is 0 Å². The molecule has 1 unspecified atom stereocenters. The molecule has 1 N–H and O–H groups in total. The number of ether oxygens (including phenoxy) is 1. The molecule has 1 atom stereocenters. The topological polar surface area (TPSA) is 47.0 Å². The summed E-state index contributed by atoms with van der Waals surface area (Å²) in [5.74, 6) is 1.53. The van der Waals surface area contributed by atoms with Gasteiger partial charge < -0.3 is 10.1 Å². The predicted molar refractivity (Wildman–Crippen MR) is 85.6 cm³/mol. The third-order valence-electron chi connectivity index (χ3n) is 4.45. The number of methoxy groups -OCH3 is 1. The summed E-state index contributed by atoms with van der Waals surface area (Å²) in [6.45, 7) is 3.19. The lowest BCUT2D eigenvalue weighted by molar-refractivity contribution is 0.350. The number of nitrogens with zero attached hydrogens (tertiary/aromatic N) is 2. The van der Waals surface area contributed by atoms with Crippen LogP contribution in [-0.4, -0.2) is 29.7 Å². The van der Waals surface area contributed by atoms with Crippen molar-refractivity contribution < 1.29 is 4.74 Å². The number of aromatic nitrogens is 2. The van der Waals surface area contributed by atoms with E-state index in [1.54, 1.807) is 13.4 Å². The maximum atomic E-state index is 5.19. The van der Waals surface area contributed by atoms with Crippen LogP contribution in [0.2, 0.25) is 0 Å². The van der Waals surface area contributed by atoms with Crippen molar-refractivity contribution in [3.8, 4) is 5.88 Å². The zero-order valence-electron chi connectivity index (χ0n) is 13.5. The first kappa shape index (κ1) is 16.2. The molecule has 0 bridgehead atoms. The maximum Gasteiger partial charge on any atom is 0.216 e. The number of likely N-dealkylation sites (N-methyl/N-ethyl adjacent to an activating group) is 1. The van der Waals surface area contributed by atoms with E-state index in [2.05, 4.69) is 22.2 Å². The summed E-state index contributed by atoms with van der Waals surface area (Å²) >= 11 is 0. The molecule has 1 heterocycles. The highest BCUT2D eigenvalue weighted by atomic mass is 16.5. The molecule has 21 heavy (non-hydrogen) atoms. The lowest BCUT2D eigenvalue weighted by Gasteiger charge is -2.23. The average molecular weight is 291 g/mol. The largest absolute Gasteiger partial charge is 0.481 e. The van der Waals surface area contributed by atoms with Gasteiger partial charge in [-0.25, -0.2) is 9.97 Å². The van der Waals surface area contributed by atoms with Crippen LogP contribution in [0.5, 0.6) is 5.88 Å². The second-order valence-electron chi connectivity index (χ2n) is 6.10. The van der Waals surface area contributed by atoms with Gasteiger partial charge >= 0.3 is 0 Å². The number of hydrogen-bond donors (Lipinski definition) is 1. The summed E-state index contributed by atoms with van der Waals surface area (Å²) in [5.41, 5.74) is 1.07. The highest BCUT2D eigenvalue weighted by Crippen LogP contribution is 2.27. The molecule has 0 radical (unpaired) electrons. The zero-order valence-corrected chi connectivity index (χ0v) is 13.5. The van der Waals surface area contributed by atoms with Gasteiger partial charge in [-0.15, -0.1) is 0 Å². The van der Waals surface area contributed by atoms with Crippen molar-refractivity contribution in [1.29, 1.82) is 0 Å². The fourth-order valence-electron chi connectivity index (χ4n) is 3.38. The first-order valence-electron chi connectivity index (χ1n) is 8.40. The minimum atomic E-state index is 0.512. The first-order valence-corrected chi connectivity index (χ1v) is 8.40. The normalized spacial score (nSPS) is 18.2. The average Bonchev–Trinajstić information content (AvgIpc) is 2.76. The summed E-state index contributed by atoms with van der Waals surface area (Å²) in [6, 6.07) is 2.47. The predicted octanol–water partition coefficient (Wildman–Crippen LogP) is 3.37. The minimum absolute atomic E-state index is 0.512. The Balaban J connectivity index is 1.93. The lowest BCUT2D eigenvalue weighted by Crippen LogP contribution is -2.33. The molecular weight excluding hydrogens is 262 g/mol. The fourth-order valence-corrected chi connectivity index (χ4v) is 3.38. The van der Waals surface area contributed by atoms with E-state index < -0.39 is 0 Å². The zero-order chi connectivity index (χ0) is 14.9. The Morgan fingerprint density at radius 1 is 1.24 bits per heavy atom. The number of rotatable bonds is 7. The van der Waals surface area contributed by atoms with Gasteiger partial charge in [-0.1, -0.05) is 45.4 Å². The van der Waals surface area contributed by atoms with Crippen molar-refractivity contribution in [2.24, 2.45) is 5.92 Å². The molecule has 4 nitrogen and oxygen atoms in total. The van der Waals surface area contributed by atoms with Gasteiger partial charge in [0.05, 0.1) is 7.11 Å². The molecule has 1 aliphatic carbocycles. The fraction of sp³-hybridized carbons (Fsp3) is 0.765. The highest BCUT2D eigenvalue weighted by molar-refractivity contribution is 5.14. The molecule has 1 aromatic rings. The van der Waals surface area contributed by atoms with E-state index in [9.17, 15) is 0 Å². The second-order valence-corrected chi connectivity index (χ2v) is 6.10. The van der Waals surface area contributed by atoms with Crippen molar-refractivity contribution in [1.82, 2.24) is 15.3 Å². The van der Waals surface area contributed by atoms with Crippen LogP contribution in [0.3, 0.4) is 0 Å². The lowest BCUT2D eigenvalue weighted by atomic mass is 9.90. The Labute approximate surface area is 128 Å². The Bertz CT molecular complexity index is 403. The van der Waals surface area contributed by atoms with Gasteiger partial charge in [0.2, 0.25) is 5.88 Å². The molecule has 0 spiro atoms. The molecule has 118 valence electrons. The summed E-state index contributed by atoms with van der Waals surface area (Å²) in [6.07, 6.45) is 12.3. The third-order valence-corrected chi connectivity index (χ3v) is 4.45. The van der Waals surface area contributed by atoms with E-state index in [4.69, 9.17) is 4.74 Å². The molecule has 4 heteroatoms. The van der Waals surface area contributed by atoms with Crippen molar-refractivity contribution in [2.45, 2.75) is 64.3 Å². The summed E-state index contributed by atoms with van der Waals surface area (Å²) in [5, 5.41) is 3.64. The van der Waals surface area contributed by atoms with Crippen molar-refractivity contribution >= 4 is 0 Å². The second kappa shape index (κ2) is 8.98. The van der Waals surface area contributed by atoms with E-state index in [1.165, 1.54) is 44.9 Å². The van der Waals surface area contributed by atoms with Gasteiger partial charge in [0, 0.05) is 24.2 Å². The molecule has 0 saturated heterocycles. The van der Waals surface area contributed by atoms with E-state index in [0.717, 1.165) is 24.6 Å². The molecule has 0 amide bonds. The number of nitrogens with one attached hydrogen (secondary N) is 1. The van der Waals surface area contributed by atoms with Gasteiger partial charge in [0.1, 0.15) is 6.33 Å². The Morgan fingerprint density at radius 3 is 2.67 bits per heavy atom. The molecule has 2 rings (SSSR count). The summed E-state index contributed by atoms with van der Waals surface area (Å²) < 4.78 is 5.19. The van der Waals surface area contributed by atoms with Crippen LogP contribution in [-0.2, 0) is 6.42 Å². The minimum Gasteiger partial charge on any atom is -0.481 e.